The fourth-order valence-electron chi connectivity index (χ4n) is 6.20. The van der Waals surface area contributed by atoms with Crippen molar-refractivity contribution in [3.63, 3.8) is 0 Å². The fourth-order valence-corrected chi connectivity index (χ4v) is 8.36. The molecule has 0 aliphatic carbocycles. The summed E-state index contributed by atoms with van der Waals surface area (Å²) >= 11 is 0. The molecule has 0 bridgehead atoms. The lowest BCUT2D eigenvalue weighted by Crippen LogP contribution is -2.56. The van der Waals surface area contributed by atoms with E-state index in [0.29, 0.717) is 0 Å². The minimum absolute atomic E-state index is 0.0274. The second kappa shape index (κ2) is 15.1. The van der Waals surface area contributed by atoms with E-state index >= 15 is 4.39 Å². The standard InChI is InChI=1S/C28H40FN5O17P2/c1-12-13(2)20(45-16(5)37)26(46-19(12)17(44-15(4)36)8-42-14(3)35)50-53(40,41)51-52(38,39)43-9-28(29)22-21(47-27(6,7)48-22)25(49-28)34-11-33-18-23(30)31-10-32-24(18)34/h10-13,17,19-22,25-26H,8-9H2,1-7H3,(H,38,39)(H,40,41)(H2,30,31,32)/t12-,13-,17+,19?,20?,21-,22?,25+,26-,28+/m0/s1. The van der Waals surface area contributed by atoms with E-state index in [1.54, 1.807) is 13.8 Å². The highest BCUT2D eigenvalue weighted by molar-refractivity contribution is 7.61. The van der Waals surface area contributed by atoms with E-state index in [4.69, 9.17) is 47.9 Å². The molecule has 5 unspecified atom stereocenters. The number of carbonyl (C=O) groups is 3. The van der Waals surface area contributed by atoms with Crippen LogP contribution in [-0.2, 0) is 70.0 Å². The molecule has 0 saturated carbocycles. The molecule has 0 amide bonds. The van der Waals surface area contributed by atoms with Crippen LogP contribution >= 0.6 is 15.6 Å². The Labute approximate surface area is 300 Å². The average molecular weight is 800 g/mol. The van der Waals surface area contributed by atoms with Gasteiger partial charge in [-0.3, -0.25) is 28.0 Å². The van der Waals surface area contributed by atoms with Gasteiger partial charge in [-0.15, -0.1) is 0 Å². The number of fused-ring (bicyclic) bond motifs is 2. The molecule has 5 heterocycles. The zero-order chi connectivity index (χ0) is 39.3. The number of nitrogen functional groups attached to an aromatic ring is 1. The molecule has 0 radical (unpaired) electrons. The Morgan fingerprint density at radius 2 is 1.72 bits per heavy atom. The zero-order valence-electron chi connectivity index (χ0n) is 29.4. The quantitative estimate of drug-likeness (QED) is 0.148. The molecule has 53 heavy (non-hydrogen) atoms. The number of esters is 3. The van der Waals surface area contributed by atoms with Gasteiger partial charge in [-0.1, -0.05) is 13.8 Å². The SMILES string of the molecule is CC(=O)OC[C@@H](OC(C)=O)C1O[C@@H](OP(=O)(O)OP(=O)(O)OC[C@@]2(F)O[C@@H](n3cnc4c(N)ncnc43)[C@H]3OC(C)(C)OC32)C(OC(C)=O)[C@@H](C)[C@@H]1C. The van der Waals surface area contributed by atoms with Crippen molar-refractivity contribution < 1.29 is 84.2 Å². The van der Waals surface area contributed by atoms with Gasteiger partial charge in [0, 0.05) is 26.7 Å². The average Bonchev–Trinajstić information content (AvgIpc) is 3.68. The van der Waals surface area contributed by atoms with Gasteiger partial charge in [0.15, 0.2) is 41.8 Å². The first-order valence-corrected chi connectivity index (χ1v) is 19.0. The number of ether oxygens (including phenoxy) is 7. The maximum atomic E-state index is 16.6. The van der Waals surface area contributed by atoms with Crippen molar-refractivity contribution in [2.24, 2.45) is 11.8 Å². The number of carbonyl (C=O) groups excluding carboxylic acids is 3. The topological polar surface area (TPSA) is 288 Å². The van der Waals surface area contributed by atoms with Crippen LogP contribution in [0.5, 0.6) is 0 Å². The van der Waals surface area contributed by atoms with Crippen LogP contribution in [-0.4, -0.2) is 109 Å². The molecule has 2 aromatic rings. The molecule has 2 aromatic heterocycles. The van der Waals surface area contributed by atoms with Gasteiger partial charge in [-0.05, 0) is 19.8 Å². The van der Waals surface area contributed by atoms with Crippen LogP contribution in [0.1, 0.15) is 54.7 Å². The molecule has 12 atom stereocenters. The minimum Gasteiger partial charge on any atom is -0.462 e. The highest BCUT2D eigenvalue weighted by atomic mass is 31.3. The molecular formula is C28H40FN5O17P2. The van der Waals surface area contributed by atoms with E-state index in [0.717, 1.165) is 27.1 Å². The molecule has 4 N–H and O–H groups in total. The monoisotopic (exact) mass is 799 g/mol. The fraction of sp³-hybridized carbons (Fsp3) is 0.714. The summed E-state index contributed by atoms with van der Waals surface area (Å²) in [6, 6.07) is 0. The van der Waals surface area contributed by atoms with Gasteiger partial charge in [0.25, 0.3) is 5.85 Å². The number of nitrogens with zero attached hydrogens (tertiary/aromatic N) is 4. The number of hydrogen-bond acceptors (Lipinski definition) is 19. The number of nitrogens with two attached hydrogens (primary N) is 1. The molecule has 3 saturated heterocycles. The highest BCUT2D eigenvalue weighted by Crippen LogP contribution is 2.62. The number of halogens is 1. The Morgan fingerprint density at radius 1 is 1.02 bits per heavy atom. The number of phosphoric ester groups is 2. The van der Waals surface area contributed by atoms with Gasteiger partial charge in [-0.2, -0.15) is 4.31 Å². The van der Waals surface area contributed by atoms with Crippen molar-refractivity contribution in [3.8, 4) is 0 Å². The number of phosphoric acid groups is 2. The van der Waals surface area contributed by atoms with Crippen molar-refractivity contribution in [2.45, 2.75) is 103 Å². The van der Waals surface area contributed by atoms with Gasteiger partial charge >= 0.3 is 33.6 Å². The summed E-state index contributed by atoms with van der Waals surface area (Å²) in [5.41, 5.74) is 6.18. The Kier molecular flexibility index (Phi) is 11.7. The van der Waals surface area contributed by atoms with E-state index in [-0.39, 0.29) is 17.0 Å². The van der Waals surface area contributed by atoms with E-state index in [2.05, 4.69) is 19.3 Å². The Hall–Kier alpha value is -3.21. The summed E-state index contributed by atoms with van der Waals surface area (Å²) in [5, 5.41) is 0. The molecule has 3 aliphatic rings. The smallest absolute Gasteiger partial charge is 0.462 e. The van der Waals surface area contributed by atoms with Crippen LogP contribution < -0.4 is 5.73 Å². The molecule has 3 aliphatic heterocycles. The van der Waals surface area contributed by atoms with E-state index in [1.807, 2.05) is 0 Å². The van der Waals surface area contributed by atoms with E-state index in [9.17, 15) is 33.3 Å². The second-order valence-electron chi connectivity index (χ2n) is 13.0. The zero-order valence-corrected chi connectivity index (χ0v) is 31.2. The predicted molar refractivity (Wildman–Crippen MR) is 170 cm³/mol. The minimum atomic E-state index is -5.74. The van der Waals surface area contributed by atoms with Crippen molar-refractivity contribution in [2.75, 3.05) is 18.9 Å². The maximum Gasteiger partial charge on any atom is 0.483 e. The summed E-state index contributed by atoms with van der Waals surface area (Å²) < 4.78 is 97.1. The number of aromatic nitrogens is 4. The van der Waals surface area contributed by atoms with Gasteiger partial charge in [0.1, 0.15) is 37.3 Å². The number of alkyl halides is 1. The van der Waals surface area contributed by atoms with Crippen molar-refractivity contribution in [3.05, 3.63) is 12.7 Å². The lowest BCUT2D eigenvalue weighted by molar-refractivity contribution is -0.271. The van der Waals surface area contributed by atoms with Crippen LogP contribution in [0.4, 0.5) is 10.2 Å². The number of anilines is 1. The molecule has 22 nitrogen and oxygen atoms in total. The summed E-state index contributed by atoms with van der Waals surface area (Å²) in [7, 11) is -11.5. The Balaban J connectivity index is 1.33. The molecule has 0 spiro atoms. The summed E-state index contributed by atoms with van der Waals surface area (Å²) in [4.78, 5) is 68.6. The molecule has 3 fully saturated rings. The molecule has 296 valence electrons. The largest absolute Gasteiger partial charge is 0.483 e. The third-order valence-corrected chi connectivity index (χ3v) is 11.1. The van der Waals surface area contributed by atoms with Gasteiger partial charge in [-0.25, -0.2) is 28.5 Å². The van der Waals surface area contributed by atoms with Crippen molar-refractivity contribution >= 4 is 50.5 Å². The van der Waals surface area contributed by atoms with E-state index < -0.39 is 113 Å². The molecule has 0 aromatic carbocycles. The predicted octanol–water partition coefficient (Wildman–Crippen LogP) is 1.80. The second-order valence-corrected chi connectivity index (χ2v) is 16.0. The first-order valence-electron chi connectivity index (χ1n) is 16.0. The van der Waals surface area contributed by atoms with Gasteiger partial charge < -0.3 is 48.7 Å². The normalized spacial score (nSPS) is 33.7. The Bertz CT molecular complexity index is 1820. The lowest BCUT2D eigenvalue weighted by Gasteiger charge is -2.45. The molecule has 5 rings (SSSR count). The van der Waals surface area contributed by atoms with Crippen LogP contribution in [0.2, 0.25) is 0 Å². The number of hydrogen-bond donors (Lipinski definition) is 3. The summed E-state index contributed by atoms with van der Waals surface area (Å²) in [6.07, 6.45) is -7.64. The van der Waals surface area contributed by atoms with Crippen LogP contribution in [0.3, 0.4) is 0 Å². The van der Waals surface area contributed by atoms with Crippen LogP contribution in [0.15, 0.2) is 12.7 Å². The first-order chi connectivity index (χ1) is 24.5. The van der Waals surface area contributed by atoms with Crippen molar-refractivity contribution in [1.29, 1.82) is 0 Å². The van der Waals surface area contributed by atoms with Gasteiger partial charge in [0.05, 0.1) is 6.33 Å². The third-order valence-electron chi connectivity index (χ3n) is 8.54. The summed E-state index contributed by atoms with van der Waals surface area (Å²) in [5.74, 6) is -8.13. The van der Waals surface area contributed by atoms with Crippen LogP contribution in [0, 0.1) is 11.8 Å². The van der Waals surface area contributed by atoms with E-state index in [1.165, 1.54) is 24.7 Å². The molecular weight excluding hydrogens is 759 g/mol. The lowest BCUT2D eigenvalue weighted by atomic mass is 9.81. The van der Waals surface area contributed by atoms with Crippen molar-refractivity contribution in [1.82, 2.24) is 19.5 Å². The van der Waals surface area contributed by atoms with Crippen LogP contribution in [0.25, 0.3) is 11.2 Å². The maximum absolute atomic E-state index is 16.6. The molecule has 25 heteroatoms. The Morgan fingerprint density at radius 3 is 2.36 bits per heavy atom. The first kappa shape index (κ1) is 41.0. The number of imidazole rings is 1. The number of rotatable bonds is 13. The third kappa shape index (κ3) is 9.19. The highest BCUT2D eigenvalue weighted by Gasteiger charge is 2.65. The summed E-state index contributed by atoms with van der Waals surface area (Å²) in [6.45, 7) is 7.48. The van der Waals surface area contributed by atoms with Gasteiger partial charge in [0.2, 0.25) is 6.29 Å².